The molecule has 38 heavy (non-hydrogen) atoms. The molecule has 8 nitrogen and oxygen atoms in total. The SMILES string of the molecule is C[C@@H]1OC(O[C@@H]2C=C3CCC4[C@H](CC[C@]5(C)[C@@H](c6ccc(=O)oc6)CC[C@]45O)[C@@]3(C)CC2)[C@H](O)[C@H](O)[C@H]1O. The predicted molar refractivity (Wildman–Crippen MR) is 138 cm³/mol. The average Bonchev–Trinajstić information content (AvgIpc) is 3.18. The van der Waals surface area contributed by atoms with Gasteiger partial charge in [-0.3, -0.25) is 0 Å². The van der Waals surface area contributed by atoms with Crippen molar-refractivity contribution in [3.63, 3.8) is 0 Å². The molecule has 0 bridgehead atoms. The first kappa shape index (κ1) is 26.7. The lowest BCUT2D eigenvalue weighted by Crippen LogP contribution is -2.60. The van der Waals surface area contributed by atoms with Gasteiger partial charge in [-0.1, -0.05) is 25.5 Å². The van der Waals surface area contributed by atoms with Crippen LogP contribution in [-0.2, 0) is 9.47 Å². The van der Waals surface area contributed by atoms with E-state index >= 15 is 0 Å². The van der Waals surface area contributed by atoms with Gasteiger partial charge in [-0.15, -0.1) is 0 Å². The lowest BCUT2D eigenvalue weighted by molar-refractivity contribution is -0.301. The van der Waals surface area contributed by atoms with Crippen molar-refractivity contribution < 1.29 is 34.3 Å². The van der Waals surface area contributed by atoms with E-state index in [1.807, 2.05) is 6.07 Å². The third kappa shape index (κ3) is 3.82. The van der Waals surface area contributed by atoms with Gasteiger partial charge in [0.2, 0.25) is 0 Å². The fourth-order valence-electron chi connectivity index (χ4n) is 9.17. The predicted octanol–water partition coefficient (Wildman–Crippen LogP) is 3.01. The number of ether oxygens (including phenoxy) is 2. The quantitative estimate of drug-likeness (QED) is 0.439. The van der Waals surface area contributed by atoms with Crippen LogP contribution in [0.5, 0.6) is 0 Å². The van der Waals surface area contributed by atoms with Crippen LogP contribution in [0.25, 0.3) is 0 Å². The van der Waals surface area contributed by atoms with Crippen molar-refractivity contribution in [2.24, 2.45) is 22.7 Å². The van der Waals surface area contributed by atoms with E-state index in [9.17, 15) is 25.2 Å². The molecule has 6 rings (SSSR count). The van der Waals surface area contributed by atoms with E-state index in [4.69, 9.17) is 13.9 Å². The Bertz CT molecular complexity index is 1130. The van der Waals surface area contributed by atoms with E-state index in [0.717, 1.165) is 56.9 Å². The second-order valence-electron chi connectivity index (χ2n) is 13.1. The van der Waals surface area contributed by atoms with Crippen LogP contribution >= 0.6 is 0 Å². The number of aliphatic hydroxyl groups is 4. The van der Waals surface area contributed by atoms with Crippen LogP contribution in [0.2, 0.25) is 0 Å². The van der Waals surface area contributed by atoms with Gasteiger partial charge < -0.3 is 34.3 Å². The monoisotopic (exact) mass is 530 g/mol. The van der Waals surface area contributed by atoms with Crippen molar-refractivity contribution in [1.82, 2.24) is 0 Å². The first-order chi connectivity index (χ1) is 18.0. The van der Waals surface area contributed by atoms with Crippen LogP contribution < -0.4 is 5.63 Å². The van der Waals surface area contributed by atoms with Gasteiger partial charge in [0.1, 0.15) is 18.3 Å². The number of rotatable bonds is 3. The minimum absolute atomic E-state index is 0.0213. The van der Waals surface area contributed by atoms with E-state index in [-0.39, 0.29) is 34.4 Å². The van der Waals surface area contributed by atoms with Crippen molar-refractivity contribution >= 4 is 0 Å². The lowest BCUT2D eigenvalue weighted by atomic mass is 9.45. The van der Waals surface area contributed by atoms with Crippen LogP contribution in [0.3, 0.4) is 0 Å². The van der Waals surface area contributed by atoms with Crippen molar-refractivity contribution in [3.8, 4) is 0 Å². The molecule has 2 unspecified atom stereocenters. The Hall–Kier alpha value is -1.55. The average molecular weight is 531 g/mol. The van der Waals surface area contributed by atoms with Gasteiger partial charge >= 0.3 is 5.63 Å². The van der Waals surface area contributed by atoms with Crippen LogP contribution in [-0.4, -0.2) is 62.8 Å². The van der Waals surface area contributed by atoms with E-state index in [1.165, 1.54) is 11.6 Å². The number of aliphatic hydroxyl groups excluding tert-OH is 3. The van der Waals surface area contributed by atoms with Crippen molar-refractivity contribution in [2.45, 2.75) is 120 Å². The fraction of sp³-hybridized carbons (Fsp3) is 0.767. The van der Waals surface area contributed by atoms with Gasteiger partial charge in [0.05, 0.1) is 24.1 Å². The lowest BCUT2D eigenvalue weighted by Gasteiger charge is -2.62. The maximum Gasteiger partial charge on any atom is 0.335 e. The third-order valence-electron chi connectivity index (χ3n) is 11.5. The first-order valence-electron chi connectivity index (χ1n) is 14.4. The Morgan fingerprint density at radius 2 is 1.74 bits per heavy atom. The molecule has 1 saturated heterocycles. The molecular formula is C30H42O8. The molecule has 5 aliphatic rings. The normalized spacial score (nSPS) is 50.5. The zero-order valence-corrected chi connectivity index (χ0v) is 22.6. The highest BCUT2D eigenvalue weighted by atomic mass is 16.7. The molecule has 0 radical (unpaired) electrons. The number of hydrogen-bond acceptors (Lipinski definition) is 8. The van der Waals surface area contributed by atoms with Crippen molar-refractivity contribution in [2.75, 3.05) is 0 Å². The molecule has 4 N–H and O–H groups in total. The Morgan fingerprint density at radius 1 is 0.947 bits per heavy atom. The Balaban J connectivity index is 1.21. The molecule has 210 valence electrons. The highest BCUT2D eigenvalue weighted by Crippen LogP contribution is 2.70. The van der Waals surface area contributed by atoms with Gasteiger partial charge in [-0.2, -0.15) is 0 Å². The largest absolute Gasteiger partial charge is 0.431 e. The summed E-state index contributed by atoms with van der Waals surface area (Å²) in [5, 5.41) is 43.0. The first-order valence-corrected chi connectivity index (χ1v) is 14.4. The summed E-state index contributed by atoms with van der Waals surface area (Å²) in [6.07, 6.45) is 5.32. The molecule has 8 heteroatoms. The maximum absolute atomic E-state index is 12.4. The molecule has 3 saturated carbocycles. The Morgan fingerprint density at radius 3 is 2.47 bits per heavy atom. The van der Waals surface area contributed by atoms with Crippen LogP contribution in [0.4, 0.5) is 0 Å². The molecule has 1 aromatic heterocycles. The summed E-state index contributed by atoms with van der Waals surface area (Å²) in [7, 11) is 0. The molecule has 1 aliphatic heterocycles. The van der Waals surface area contributed by atoms with Gasteiger partial charge in [0.25, 0.3) is 0 Å². The van der Waals surface area contributed by atoms with Gasteiger partial charge in [-0.25, -0.2) is 4.79 Å². The summed E-state index contributed by atoms with van der Waals surface area (Å²) in [6.45, 7) is 6.26. The summed E-state index contributed by atoms with van der Waals surface area (Å²) < 4.78 is 17.0. The summed E-state index contributed by atoms with van der Waals surface area (Å²) in [5.41, 5.74) is 0.991. The summed E-state index contributed by atoms with van der Waals surface area (Å²) >= 11 is 0. The van der Waals surface area contributed by atoms with Crippen molar-refractivity contribution in [3.05, 3.63) is 46.0 Å². The highest BCUT2D eigenvalue weighted by Gasteiger charge is 2.66. The zero-order chi connectivity index (χ0) is 27.0. The van der Waals surface area contributed by atoms with Crippen LogP contribution in [0.15, 0.2) is 39.3 Å². The fourth-order valence-corrected chi connectivity index (χ4v) is 9.17. The molecule has 1 aromatic rings. The van der Waals surface area contributed by atoms with E-state index in [2.05, 4.69) is 19.9 Å². The minimum Gasteiger partial charge on any atom is -0.431 e. The summed E-state index contributed by atoms with van der Waals surface area (Å²) in [4.78, 5) is 11.5. The van der Waals surface area contributed by atoms with E-state index < -0.39 is 36.3 Å². The number of hydrogen-bond donors (Lipinski definition) is 4. The van der Waals surface area contributed by atoms with Gasteiger partial charge in [-0.05, 0) is 93.1 Å². The standard InChI is InChI=1S/C30H42O8/c1-16-24(32)25(33)26(34)27(37-16)38-19-8-11-28(2)18(14-19)5-6-22-21(28)9-12-29(3)20(10-13-30(22,29)35)17-4-7-23(31)36-15-17/h4,7,14-16,19-22,24-27,32-35H,5-6,8-13H2,1-3H3/t16-,19-,20+,21-,22?,24-,25+,26+,27?,28-,29+,30-/m0/s1. The zero-order valence-electron chi connectivity index (χ0n) is 22.6. The van der Waals surface area contributed by atoms with E-state index in [1.54, 1.807) is 13.2 Å². The van der Waals surface area contributed by atoms with E-state index in [0.29, 0.717) is 5.92 Å². The Kier molecular flexibility index (Phi) is 6.49. The van der Waals surface area contributed by atoms with Crippen LogP contribution in [0.1, 0.15) is 83.6 Å². The molecule has 0 aromatic carbocycles. The molecule has 4 aliphatic carbocycles. The van der Waals surface area contributed by atoms with Gasteiger partial charge in [0.15, 0.2) is 6.29 Å². The second kappa shape index (κ2) is 9.25. The molecule has 2 heterocycles. The molecule has 12 atom stereocenters. The maximum atomic E-state index is 12.4. The van der Waals surface area contributed by atoms with Gasteiger partial charge in [0, 0.05) is 11.5 Å². The molecular weight excluding hydrogens is 488 g/mol. The molecule has 4 fully saturated rings. The minimum atomic E-state index is -1.31. The molecule has 0 spiro atoms. The highest BCUT2D eigenvalue weighted by molar-refractivity contribution is 5.31. The summed E-state index contributed by atoms with van der Waals surface area (Å²) in [6, 6.07) is 3.36. The second-order valence-corrected chi connectivity index (χ2v) is 13.1. The summed E-state index contributed by atoms with van der Waals surface area (Å²) in [5.74, 6) is 0.759. The number of allylic oxidation sites excluding steroid dienone is 1. The number of fused-ring (bicyclic) bond motifs is 5. The third-order valence-corrected chi connectivity index (χ3v) is 11.5. The topological polar surface area (TPSA) is 130 Å². The van der Waals surface area contributed by atoms with Crippen LogP contribution in [0, 0.1) is 22.7 Å². The molecule has 0 amide bonds. The smallest absolute Gasteiger partial charge is 0.335 e. The van der Waals surface area contributed by atoms with Crippen molar-refractivity contribution in [1.29, 1.82) is 0 Å². The Labute approximate surface area is 223 Å².